The largest absolute Gasteiger partial charge is 0.542 e. The van der Waals surface area contributed by atoms with E-state index in [9.17, 15) is 26.3 Å². The van der Waals surface area contributed by atoms with Crippen molar-refractivity contribution in [1.82, 2.24) is 10.2 Å². The van der Waals surface area contributed by atoms with Crippen LogP contribution in [0.15, 0.2) is 0 Å². The number of piperidine rings is 1. The molecule has 0 aliphatic carbocycles. The van der Waals surface area contributed by atoms with Gasteiger partial charge in [0, 0.05) is 19.1 Å². The molecule has 0 amide bonds. The average molecular weight is 352 g/mol. The van der Waals surface area contributed by atoms with Gasteiger partial charge in [0.25, 0.3) is 0 Å². The summed E-state index contributed by atoms with van der Waals surface area (Å²) in [4.78, 5) is 20.0. The van der Waals surface area contributed by atoms with Gasteiger partial charge in [0.15, 0.2) is 0 Å². The highest BCUT2D eigenvalue weighted by molar-refractivity contribution is 5.71. The molecule has 2 fully saturated rings. The molecular formula is C11H14F6N2O4-2. The second-order valence-corrected chi connectivity index (χ2v) is 4.83. The number of hydrogen-bond acceptors (Lipinski definition) is 6. The zero-order chi connectivity index (χ0) is 18.4. The van der Waals surface area contributed by atoms with Crippen LogP contribution in [0.2, 0.25) is 0 Å². The Morgan fingerprint density at radius 3 is 1.65 bits per heavy atom. The third-order valence-electron chi connectivity index (χ3n) is 3.14. The number of alkyl halides is 6. The summed E-state index contributed by atoms with van der Waals surface area (Å²) >= 11 is 0. The average Bonchev–Trinajstić information content (AvgIpc) is 2.37. The maximum Gasteiger partial charge on any atom is 0.430 e. The quantitative estimate of drug-likeness (QED) is 0.534. The van der Waals surface area contributed by atoms with Gasteiger partial charge in [0.05, 0.1) is 0 Å². The molecule has 2 atom stereocenters. The van der Waals surface area contributed by atoms with E-state index in [4.69, 9.17) is 19.8 Å². The molecule has 0 bridgehead atoms. The Kier molecular flexibility index (Phi) is 7.77. The van der Waals surface area contributed by atoms with Crippen molar-refractivity contribution in [3.63, 3.8) is 0 Å². The van der Waals surface area contributed by atoms with Gasteiger partial charge in [-0.1, -0.05) is 0 Å². The summed E-state index contributed by atoms with van der Waals surface area (Å²) in [5.41, 5.74) is 0. The first-order valence-corrected chi connectivity index (χ1v) is 6.24. The molecule has 0 saturated carbocycles. The smallest absolute Gasteiger partial charge is 0.430 e. The van der Waals surface area contributed by atoms with E-state index in [0.717, 1.165) is 12.0 Å². The first-order valence-electron chi connectivity index (χ1n) is 6.24. The van der Waals surface area contributed by atoms with Crippen molar-refractivity contribution in [2.24, 2.45) is 5.92 Å². The first kappa shape index (κ1) is 21.4. The van der Waals surface area contributed by atoms with Crippen LogP contribution >= 0.6 is 0 Å². The molecule has 0 aromatic rings. The predicted octanol–water partition coefficient (Wildman–Crippen LogP) is -1.49. The molecule has 2 rings (SSSR count). The lowest BCUT2D eigenvalue weighted by atomic mass is 9.84. The van der Waals surface area contributed by atoms with Gasteiger partial charge in [-0.3, -0.25) is 0 Å². The summed E-state index contributed by atoms with van der Waals surface area (Å²) < 4.78 is 63.1. The first-order chi connectivity index (χ1) is 10.3. The van der Waals surface area contributed by atoms with E-state index in [-0.39, 0.29) is 0 Å². The van der Waals surface area contributed by atoms with Crippen molar-refractivity contribution < 1.29 is 46.1 Å². The van der Waals surface area contributed by atoms with E-state index < -0.39 is 24.3 Å². The Balaban J connectivity index is 0.000000322. The lowest BCUT2D eigenvalue weighted by Crippen LogP contribution is -2.61. The van der Waals surface area contributed by atoms with Gasteiger partial charge in [-0.25, -0.2) is 0 Å². The number of carboxylic acid groups (broad SMARTS) is 2. The van der Waals surface area contributed by atoms with E-state index in [1.54, 1.807) is 0 Å². The Morgan fingerprint density at radius 1 is 1.04 bits per heavy atom. The van der Waals surface area contributed by atoms with Crippen molar-refractivity contribution in [3.05, 3.63) is 0 Å². The van der Waals surface area contributed by atoms with Crippen LogP contribution in [0.1, 0.15) is 6.42 Å². The van der Waals surface area contributed by atoms with E-state index in [1.807, 2.05) is 0 Å². The van der Waals surface area contributed by atoms with E-state index >= 15 is 0 Å². The molecule has 12 heteroatoms. The normalized spacial score (nSPS) is 24.0. The number of rotatable bonds is 0. The molecule has 0 spiro atoms. The Hall–Kier alpha value is -1.56. The minimum atomic E-state index is -5.19. The molecule has 2 aliphatic rings. The molecule has 1 N–H and O–H groups in total. The minimum absolute atomic E-state index is 0.874. The van der Waals surface area contributed by atoms with Crippen LogP contribution in [0.3, 0.4) is 0 Å². The molecule has 6 nitrogen and oxygen atoms in total. The molecular weight excluding hydrogens is 338 g/mol. The zero-order valence-electron chi connectivity index (χ0n) is 11.8. The molecule has 0 aromatic carbocycles. The number of halogens is 6. The summed E-state index contributed by atoms with van der Waals surface area (Å²) in [6.07, 6.45) is -8.99. The van der Waals surface area contributed by atoms with E-state index in [0.29, 0.717) is 0 Å². The number of nitrogens with zero attached hydrogens (tertiary/aromatic N) is 1. The number of likely N-dealkylation sites (tertiary alicyclic amines) is 1. The molecule has 136 valence electrons. The van der Waals surface area contributed by atoms with Crippen molar-refractivity contribution in [2.45, 2.75) is 24.8 Å². The SMILES string of the molecule is CN1CC2CCNCC21.O=C([O-])C(F)(F)F.O=C([O-])C(F)(F)F. The van der Waals surface area contributed by atoms with Crippen LogP contribution in [-0.2, 0) is 9.59 Å². The van der Waals surface area contributed by atoms with Crippen LogP contribution in [0.4, 0.5) is 26.3 Å². The van der Waals surface area contributed by atoms with E-state index in [1.165, 1.54) is 26.1 Å². The number of aliphatic carboxylic acids is 2. The second kappa shape index (κ2) is 8.34. The second-order valence-electron chi connectivity index (χ2n) is 4.83. The molecule has 2 saturated heterocycles. The Morgan fingerprint density at radius 2 is 1.43 bits per heavy atom. The number of carboxylic acids is 2. The number of nitrogens with one attached hydrogen (secondary N) is 1. The topological polar surface area (TPSA) is 95.5 Å². The van der Waals surface area contributed by atoms with Crippen molar-refractivity contribution in [1.29, 1.82) is 0 Å². The van der Waals surface area contributed by atoms with Gasteiger partial charge in [-0.05, 0) is 25.9 Å². The van der Waals surface area contributed by atoms with Gasteiger partial charge in [-0.15, -0.1) is 0 Å². The third-order valence-corrected chi connectivity index (χ3v) is 3.14. The van der Waals surface area contributed by atoms with Crippen molar-refractivity contribution >= 4 is 11.9 Å². The van der Waals surface area contributed by atoms with Crippen LogP contribution in [0, 0.1) is 5.92 Å². The number of carbonyl (C=O) groups excluding carboxylic acids is 2. The predicted molar refractivity (Wildman–Crippen MR) is 59.5 cm³/mol. The molecule has 23 heavy (non-hydrogen) atoms. The summed E-state index contributed by atoms with van der Waals surface area (Å²) in [5, 5.41) is 21.0. The lowest BCUT2D eigenvalue weighted by Gasteiger charge is -2.49. The third kappa shape index (κ3) is 8.02. The van der Waals surface area contributed by atoms with Gasteiger partial charge >= 0.3 is 12.4 Å². The highest BCUT2D eigenvalue weighted by atomic mass is 19.4. The lowest BCUT2D eigenvalue weighted by molar-refractivity contribution is -0.344. The number of hydrogen-bond donors (Lipinski definition) is 1. The monoisotopic (exact) mass is 352 g/mol. The summed E-state index contributed by atoms with van der Waals surface area (Å²) in [7, 11) is 2.22. The Bertz CT molecular complexity index is 386. The molecule has 0 radical (unpaired) electrons. The number of carbonyl (C=O) groups is 2. The molecule has 2 heterocycles. The zero-order valence-corrected chi connectivity index (χ0v) is 11.8. The number of likely N-dealkylation sites (N-methyl/N-ethyl adjacent to an activating group) is 1. The maximum atomic E-state index is 10.5. The summed E-state index contributed by atoms with van der Waals surface area (Å²) in [6, 6.07) is 0.874. The fourth-order valence-electron chi connectivity index (χ4n) is 1.99. The van der Waals surface area contributed by atoms with Crippen LogP contribution in [-0.4, -0.2) is 61.9 Å². The van der Waals surface area contributed by atoms with E-state index in [2.05, 4.69) is 17.3 Å². The number of fused-ring (bicyclic) bond motifs is 1. The highest BCUT2D eigenvalue weighted by Crippen LogP contribution is 2.27. The van der Waals surface area contributed by atoms with Gasteiger partial charge in [-0.2, -0.15) is 26.3 Å². The fourth-order valence-corrected chi connectivity index (χ4v) is 1.99. The van der Waals surface area contributed by atoms with Crippen LogP contribution in [0.25, 0.3) is 0 Å². The summed E-state index contributed by atoms with van der Waals surface area (Å²) in [6.45, 7) is 3.81. The van der Waals surface area contributed by atoms with Crippen molar-refractivity contribution in [2.75, 3.05) is 26.7 Å². The Labute approximate surface area is 127 Å². The summed E-state index contributed by atoms with van der Waals surface area (Å²) in [5.74, 6) is -4.99. The highest BCUT2D eigenvalue weighted by Gasteiger charge is 2.37. The van der Waals surface area contributed by atoms with Crippen LogP contribution < -0.4 is 15.5 Å². The van der Waals surface area contributed by atoms with Gasteiger partial charge in [0.1, 0.15) is 11.9 Å². The minimum Gasteiger partial charge on any atom is -0.542 e. The van der Waals surface area contributed by atoms with Crippen molar-refractivity contribution in [3.8, 4) is 0 Å². The molecule has 2 aliphatic heterocycles. The molecule has 0 aromatic heterocycles. The van der Waals surface area contributed by atoms with Gasteiger partial charge < -0.3 is 30.0 Å². The van der Waals surface area contributed by atoms with Gasteiger partial charge in [0.2, 0.25) is 0 Å². The maximum absolute atomic E-state index is 10.5. The van der Waals surface area contributed by atoms with Crippen LogP contribution in [0.5, 0.6) is 0 Å². The standard InChI is InChI=1S/C7H14N2.2C2HF3O2/c1-9-5-6-2-3-8-4-7(6)9;2*3-2(4,5)1(6)7/h6-8H,2-5H2,1H3;2*(H,6,7)/p-2. The fraction of sp³-hybridized carbons (Fsp3) is 0.818. The molecule has 2 unspecified atom stereocenters.